The molecule has 5 nitrogen and oxygen atoms in total. The molecule has 1 saturated heterocycles. The predicted molar refractivity (Wildman–Crippen MR) is 138 cm³/mol. The molecule has 5 heteroatoms. The maximum absolute atomic E-state index is 14.3. The topological polar surface area (TPSA) is 74.7 Å². The van der Waals surface area contributed by atoms with Crippen molar-refractivity contribution in [1.82, 2.24) is 0 Å². The number of carbonyl (C=O) groups excluding carboxylic acids is 2. The molecule has 1 spiro atoms. The Labute approximate surface area is 214 Å². The van der Waals surface area contributed by atoms with Crippen LogP contribution in [0.4, 0.5) is 5.69 Å². The van der Waals surface area contributed by atoms with E-state index in [0.29, 0.717) is 11.6 Å². The number of nitrogens with zero attached hydrogens (tertiary/aromatic N) is 1. The van der Waals surface area contributed by atoms with E-state index in [1.54, 1.807) is 0 Å². The average Bonchev–Trinajstić information content (AvgIpc) is 3.10. The zero-order chi connectivity index (χ0) is 25.8. The molecule has 1 aliphatic heterocycles. The number of hydrogen-bond acceptors (Lipinski definition) is 3. The van der Waals surface area contributed by atoms with Gasteiger partial charge in [0, 0.05) is 5.41 Å². The first-order valence-corrected chi connectivity index (χ1v) is 13.9. The van der Waals surface area contributed by atoms with E-state index >= 15 is 0 Å². The molecule has 0 aromatic heterocycles. The number of imide groups is 1. The van der Waals surface area contributed by atoms with E-state index < -0.39 is 11.4 Å². The van der Waals surface area contributed by atoms with Crippen molar-refractivity contribution in [3.8, 4) is 0 Å². The second-order valence-electron chi connectivity index (χ2n) is 13.3. The number of aliphatic carboxylic acids is 1. The van der Waals surface area contributed by atoms with Gasteiger partial charge in [-0.2, -0.15) is 0 Å². The normalized spacial score (nSPS) is 43.2. The lowest BCUT2D eigenvalue weighted by Gasteiger charge is -2.68. The van der Waals surface area contributed by atoms with Gasteiger partial charge in [-0.3, -0.25) is 14.4 Å². The third-order valence-electron chi connectivity index (χ3n) is 11.4. The van der Waals surface area contributed by atoms with Crippen LogP contribution in [0, 0.1) is 58.7 Å². The Morgan fingerprint density at radius 2 is 1.83 bits per heavy atom. The van der Waals surface area contributed by atoms with Crippen molar-refractivity contribution in [3.63, 3.8) is 0 Å². The van der Waals surface area contributed by atoms with Gasteiger partial charge in [0.1, 0.15) is 0 Å². The van der Waals surface area contributed by atoms with Gasteiger partial charge in [0.25, 0.3) is 0 Å². The van der Waals surface area contributed by atoms with Gasteiger partial charge >= 0.3 is 5.97 Å². The lowest BCUT2D eigenvalue weighted by Crippen LogP contribution is -2.65. The van der Waals surface area contributed by atoms with Crippen LogP contribution in [-0.4, -0.2) is 22.9 Å². The Bertz CT molecular complexity index is 1200. The largest absolute Gasteiger partial charge is 0.481 e. The first-order valence-electron chi connectivity index (χ1n) is 13.9. The zero-order valence-electron chi connectivity index (χ0n) is 22.2. The maximum atomic E-state index is 14.3. The van der Waals surface area contributed by atoms with E-state index in [-0.39, 0.29) is 52.2 Å². The highest BCUT2D eigenvalue weighted by atomic mass is 16.4. The number of hydrogen-bond donors (Lipinski definition) is 1. The molecule has 1 aromatic carbocycles. The summed E-state index contributed by atoms with van der Waals surface area (Å²) >= 11 is 0. The first kappa shape index (κ1) is 23.9. The number of fused-ring (bicyclic) bond motifs is 1. The number of allylic oxidation sites excluding steroid dienone is 2. The Balaban J connectivity index is 1.50. The highest BCUT2D eigenvalue weighted by molar-refractivity contribution is 6.23. The van der Waals surface area contributed by atoms with Gasteiger partial charge < -0.3 is 5.11 Å². The van der Waals surface area contributed by atoms with Gasteiger partial charge in [-0.15, -0.1) is 0 Å². The van der Waals surface area contributed by atoms with Crippen LogP contribution in [0.15, 0.2) is 35.9 Å². The van der Waals surface area contributed by atoms with E-state index in [9.17, 15) is 19.5 Å². The smallest absolute Gasteiger partial charge is 0.309 e. The first-order chi connectivity index (χ1) is 17.0. The average molecular weight is 490 g/mol. The summed E-state index contributed by atoms with van der Waals surface area (Å²) < 4.78 is 0. The molecule has 0 unspecified atom stereocenters. The minimum absolute atomic E-state index is 0.0315. The van der Waals surface area contributed by atoms with Crippen molar-refractivity contribution in [2.24, 2.45) is 51.8 Å². The van der Waals surface area contributed by atoms with Crippen LogP contribution in [0.1, 0.15) is 71.8 Å². The van der Waals surface area contributed by atoms with Crippen LogP contribution in [0.3, 0.4) is 0 Å². The molecule has 3 saturated carbocycles. The Morgan fingerprint density at radius 1 is 1.08 bits per heavy atom. The van der Waals surface area contributed by atoms with Crippen LogP contribution in [0.2, 0.25) is 0 Å². The zero-order valence-corrected chi connectivity index (χ0v) is 22.2. The standard InChI is InChI=1S/C31H39NO4/c1-17(2)21-16-31-13-10-22-29(4,11-7-12-30(22,5)28(35)36)23(31)15-20(21)24-25(31)27(34)32(26(24)33)19-9-6-8-18(3)14-19/h6,8-9,14,16-17,20,22-25H,7,10-13,15H2,1-5H3,(H,35,36)/t20-,22+,23+,24-,25+,29-,30+,31-/m0/s1. The summed E-state index contributed by atoms with van der Waals surface area (Å²) in [5.74, 6) is -0.679. The second kappa shape index (κ2) is 7.55. The van der Waals surface area contributed by atoms with E-state index in [2.05, 4.69) is 26.8 Å². The van der Waals surface area contributed by atoms with Gasteiger partial charge in [0.2, 0.25) is 11.8 Å². The van der Waals surface area contributed by atoms with Gasteiger partial charge in [0.15, 0.2) is 0 Å². The number of rotatable bonds is 3. The predicted octanol–water partition coefficient (Wildman–Crippen LogP) is 6.01. The summed E-state index contributed by atoms with van der Waals surface area (Å²) in [6.45, 7) is 10.7. The molecule has 1 N–H and O–H groups in total. The molecule has 36 heavy (non-hydrogen) atoms. The van der Waals surface area contributed by atoms with Crippen LogP contribution >= 0.6 is 0 Å². The third-order valence-corrected chi connectivity index (χ3v) is 11.4. The van der Waals surface area contributed by atoms with Crippen molar-refractivity contribution in [1.29, 1.82) is 0 Å². The molecule has 6 aliphatic rings. The summed E-state index contributed by atoms with van der Waals surface area (Å²) in [6.07, 6.45) is 7.58. The molecular formula is C31H39NO4. The molecule has 1 aromatic rings. The number of anilines is 1. The van der Waals surface area contributed by atoms with Gasteiger partial charge in [-0.05, 0) is 92.7 Å². The van der Waals surface area contributed by atoms with Gasteiger partial charge in [-0.25, -0.2) is 4.90 Å². The molecule has 192 valence electrons. The minimum atomic E-state index is -0.724. The number of aryl methyl sites for hydroxylation is 1. The maximum Gasteiger partial charge on any atom is 0.309 e. The molecular weight excluding hydrogens is 450 g/mol. The lowest BCUT2D eigenvalue weighted by molar-refractivity contribution is -0.194. The summed E-state index contributed by atoms with van der Waals surface area (Å²) in [5, 5.41) is 10.3. The molecule has 2 amide bonds. The minimum Gasteiger partial charge on any atom is -0.481 e. The molecule has 8 atom stereocenters. The van der Waals surface area contributed by atoms with E-state index in [4.69, 9.17) is 0 Å². The number of carbonyl (C=O) groups is 3. The number of carboxylic acids is 1. The molecule has 2 bridgehead atoms. The summed E-state index contributed by atoms with van der Waals surface area (Å²) in [7, 11) is 0. The van der Waals surface area contributed by atoms with E-state index in [1.165, 1.54) is 10.5 Å². The van der Waals surface area contributed by atoms with Crippen molar-refractivity contribution in [2.75, 3.05) is 4.90 Å². The third kappa shape index (κ3) is 2.80. The van der Waals surface area contributed by atoms with Crippen molar-refractivity contribution < 1.29 is 19.5 Å². The fourth-order valence-electron chi connectivity index (χ4n) is 9.98. The van der Waals surface area contributed by atoms with Crippen molar-refractivity contribution in [3.05, 3.63) is 41.5 Å². The summed E-state index contributed by atoms with van der Waals surface area (Å²) in [5.41, 5.74) is 1.83. The lowest BCUT2D eigenvalue weighted by atomic mass is 9.34. The number of benzene rings is 1. The van der Waals surface area contributed by atoms with Crippen LogP contribution in [0.5, 0.6) is 0 Å². The van der Waals surface area contributed by atoms with Crippen LogP contribution < -0.4 is 4.90 Å². The molecule has 7 rings (SSSR count). The monoisotopic (exact) mass is 489 g/mol. The van der Waals surface area contributed by atoms with E-state index in [1.807, 2.05) is 38.1 Å². The highest BCUT2D eigenvalue weighted by Gasteiger charge is 2.73. The molecule has 4 fully saturated rings. The Morgan fingerprint density at radius 3 is 2.50 bits per heavy atom. The fourth-order valence-corrected chi connectivity index (χ4v) is 9.98. The highest BCUT2D eigenvalue weighted by Crippen LogP contribution is 2.74. The number of carboxylic acid groups (broad SMARTS) is 1. The Hall–Kier alpha value is -2.43. The van der Waals surface area contributed by atoms with Gasteiger partial charge in [0.05, 0.1) is 22.9 Å². The van der Waals surface area contributed by atoms with Crippen LogP contribution in [-0.2, 0) is 14.4 Å². The van der Waals surface area contributed by atoms with Crippen molar-refractivity contribution >= 4 is 23.5 Å². The molecule has 5 aliphatic carbocycles. The number of amides is 2. The Kier molecular flexibility index (Phi) is 5.02. The second-order valence-corrected chi connectivity index (χ2v) is 13.3. The van der Waals surface area contributed by atoms with Crippen LogP contribution in [0.25, 0.3) is 0 Å². The van der Waals surface area contributed by atoms with Gasteiger partial charge in [-0.1, -0.05) is 51.0 Å². The summed E-state index contributed by atoms with van der Waals surface area (Å²) in [4.78, 5) is 42.3. The van der Waals surface area contributed by atoms with Crippen molar-refractivity contribution in [2.45, 2.75) is 73.1 Å². The molecule has 0 radical (unpaired) electrons. The quantitative estimate of drug-likeness (QED) is 0.417. The SMILES string of the molecule is Cc1cccc(N2C(=O)[C@H]3[C@H]4C[C@@H]5[C@@]6(C)CCC[C@@](C)(C(=O)O)[C@@H]6CC[C@@]5(C=C4C(C)C)[C@H]3C2=O)c1. The van der Waals surface area contributed by atoms with E-state index in [0.717, 1.165) is 44.1 Å². The molecule has 1 heterocycles. The fraction of sp³-hybridized carbons (Fsp3) is 0.645. The summed E-state index contributed by atoms with van der Waals surface area (Å²) in [6, 6.07) is 7.73.